The van der Waals surface area contributed by atoms with E-state index < -0.39 is 0 Å². The molecule has 0 aromatic rings. The van der Waals surface area contributed by atoms with Gasteiger partial charge in [-0.25, -0.2) is 0 Å². The molecule has 1 aliphatic rings. The lowest BCUT2D eigenvalue weighted by molar-refractivity contribution is -0.116. The third kappa shape index (κ3) is 1.59. The minimum atomic E-state index is 0.0654. The maximum Gasteiger partial charge on any atom is 0.159 e. The van der Waals surface area contributed by atoms with Gasteiger partial charge in [0.05, 0.1) is 5.76 Å². The first-order valence-electron chi connectivity index (χ1n) is 3.64. The van der Waals surface area contributed by atoms with Crippen LogP contribution in [0.25, 0.3) is 0 Å². The predicted octanol–water partition coefficient (Wildman–Crippen LogP) is 1.82. The first-order chi connectivity index (χ1) is 4.72. The Hall–Kier alpha value is -0.790. The van der Waals surface area contributed by atoms with Crippen molar-refractivity contribution >= 4 is 5.78 Å². The number of carbonyl (C=O) groups excluding carboxylic acids is 1. The van der Waals surface area contributed by atoms with Crippen LogP contribution in [0, 0.1) is 5.92 Å². The zero-order valence-corrected chi connectivity index (χ0v) is 6.13. The van der Waals surface area contributed by atoms with Crippen LogP contribution in [0.15, 0.2) is 11.8 Å². The van der Waals surface area contributed by atoms with Crippen molar-refractivity contribution in [1.29, 1.82) is 0 Å². The van der Waals surface area contributed by atoms with Gasteiger partial charge in [0.25, 0.3) is 0 Å². The molecular weight excluding hydrogens is 128 g/mol. The van der Waals surface area contributed by atoms with E-state index in [-0.39, 0.29) is 11.5 Å². The molecule has 0 unspecified atom stereocenters. The van der Waals surface area contributed by atoms with E-state index in [1.54, 1.807) is 0 Å². The van der Waals surface area contributed by atoms with Gasteiger partial charge in [0.2, 0.25) is 0 Å². The van der Waals surface area contributed by atoms with Gasteiger partial charge < -0.3 is 5.11 Å². The molecule has 0 spiro atoms. The van der Waals surface area contributed by atoms with E-state index in [1.165, 1.54) is 6.08 Å². The number of hydrogen-bond donors (Lipinski definition) is 1. The summed E-state index contributed by atoms with van der Waals surface area (Å²) in [4.78, 5) is 10.8. The molecule has 0 aliphatic heterocycles. The van der Waals surface area contributed by atoms with E-state index in [2.05, 4.69) is 0 Å². The molecule has 0 fully saturated rings. The fourth-order valence-corrected chi connectivity index (χ4v) is 1.24. The Kier molecular flexibility index (Phi) is 2.10. The highest BCUT2D eigenvalue weighted by Gasteiger charge is 2.17. The molecule has 0 amide bonds. The maximum absolute atomic E-state index is 10.8. The molecule has 10 heavy (non-hydrogen) atoms. The van der Waals surface area contributed by atoms with E-state index >= 15 is 0 Å². The van der Waals surface area contributed by atoms with Gasteiger partial charge in [-0.3, -0.25) is 4.79 Å². The van der Waals surface area contributed by atoms with Crippen LogP contribution in [0.1, 0.15) is 26.2 Å². The Labute approximate surface area is 60.6 Å². The monoisotopic (exact) mass is 140 g/mol. The van der Waals surface area contributed by atoms with Crippen molar-refractivity contribution in [3.8, 4) is 0 Å². The Morgan fingerprint density at radius 1 is 1.70 bits per heavy atom. The van der Waals surface area contributed by atoms with Crippen LogP contribution < -0.4 is 0 Å². The van der Waals surface area contributed by atoms with Crippen LogP contribution >= 0.6 is 0 Å². The molecule has 0 saturated heterocycles. The molecule has 1 atom stereocenters. The molecule has 0 heterocycles. The van der Waals surface area contributed by atoms with Crippen LogP contribution in [0.5, 0.6) is 0 Å². The fourth-order valence-electron chi connectivity index (χ4n) is 1.24. The van der Waals surface area contributed by atoms with Gasteiger partial charge in [-0.2, -0.15) is 0 Å². The number of rotatable bonds is 1. The lowest BCUT2D eigenvalue weighted by Gasteiger charge is -2.16. The SMILES string of the molecule is CC[C@H]1CC(=O)C=C(O)C1. The van der Waals surface area contributed by atoms with E-state index in [9.17, 15) is 4.79 Å². The zero-order chi connectivity index (χ0) is 7.56. The summed E-state index contributed by atoms with van der Waals surface area (Å²) in [7, 11) is 0. The fraction of sp³-hybridized carbons (Fsp3) is 0.625. The molecule has 0 aromatic heterocycles. The molecule has 0 saturated carbocycles. The molecule has 1 aliphatic carbocycles. The predicted molar refractivity (Wildman–Crippen MR) is 38.7 cm³/mol. The highest BCUT2D eigenvalue weighted by Crippen LogP contribution is 2.22. The molecule has 0 bridgehead atoms. The Balaban J connectivity index is 2.60. The standard InChI is InChI=1S/C8H12O2/c1-2-6-3-7(9)5-8(10)4-6/h5-6,9H,2-4H2,1H3/t6-/m1/s1. The summed E-state index contributed by atoms with van der Waals surface area (Å²) in [5, 5.41) is 9.02. The third-order valence-electron chi connectivity index (χ3n) is 1.89. The van der Waals surface area contributed by atoms with Crippen molar-refractivity contribution in [2.45, 2.75) is 26.2 Å². The third-order valence-corrected chi connectivity index (χ3v) is 1.89. The van der Waals surface area contributed by atoms with E-state index in [0.29, 0.717) is 18.8 Å². The van der Waals surface area contributed by atoms with Crippen LogP contribution in [-0.4, -0.2) is 10.9 Å². The first-order valence-corrected chi connectivity index (χ1v) is 3.64. The number of ketones is 1. The highest BCUT2D eigenvalue weighted by atomic mass is 16.3. The van der Waals surface area contributed by atoms with Crippen molar-refractivity contribution in [2.75, 3.05) is 0 Å². The molecule has 2 nitrogen and oxygen atoms in total. The van der Waals surface area contributed by atoms with Crippen molar-refractivity contribution in [1.82, 2.24) is 0 Å². The molecule has 2 heteroatoms. The molecule has 1 rings (SSSR count). The van der Waals surface area contributed by atoms with E-state index in [4.69, 9.17) is 5.11 Å². The van der Waals surface area contributed by atoms with Gasteiger partial charge in [0.15, 0.2) is 5.78 Å². The van der Waals surface area contributed by atoms with E-state index in [1.807, 2.05) is 6.92 Å². The van der Waals surface area contributed by atoms with Crippen LogP contribution in [-0.2, 0) is 4.79 Å². The zero-order valence-electron chi connectivity index (χ0n) is 6.13. The van der Waals surface area contributed by atoms with Gasteiger partial charge in [-0.15, -0.1) is 0 Å². The number of carbonyl (C=O) groups is 1. The number of hydrogen-bond acceptors (Lipinski definition) is 2. The normalized spacial score (nSPS) is 26.3. The van der Waals surface area contributed by atoms with Gasteiger partial charge in [-0.05, 0) is 5.92 Å². The minimum absolute atomic E-state index is 0.0654. The topological polar surface area (TPSA) is 37.3 Å². The molecule has 0 radical (unpaired) electrons. The summed E-state index contributed by atoms with van der Waals surface area (Å²) in [6.45, 7) is 2.04. The number of aliphatic hydroxyl groups is 1. The molecular formula is C8H12O2. The lowest BCUT2D eigenvalue weighted by Crippen LogP contribution is -2.12. The van der Waals surface area contributed by atoms with Gasteiger partial charge in [-0.1, -0.05) is 13.3 Å². The highest BCUT2D eigenvalue weighted by molar-refractivity contribution is 5.91. The Morgan fingerprint density at radius 3 is 2.90 bits per heavy atom. The second-order valence-corrected chi connectivity index (χ2v) is 2.78. The number of allylic oxidation sites excluding steroid dienone is 2. The molecule has 1 N–H and O–H groups in total. The van der Waals surface area contributed by atoms with Gasteiger partial charge >= 0.3 is 0 Å². The van der Waals surface area contributed by atoms with Crippen LogP contribution in [0.3, 0.4) is 0 Å². The van der Waals surface area contributed by atoms with Crippen molar-refractivity contribution in [3.05, 3.63) is 11.8 Å². The summed E-state index contributed by atoms with van der Waals surface area (Å²) in [5.74, 6) is 0.691. The van der Waals surface area contributed by atoms with Crippen molar-refractivity contribution in [2.24, 2.45) is 5.92 Å². The second-order valence-electron chi connectivity index (χ2n) is 2.78. The maximum atomic E-state index is 10.8. The average Bonchev–Trinajstić information content (AvgIpc) is 1.85. The summed E-state index contributed by atoms with van der Waals surface area (Å²) in [6, 6.07) is 0. The van der Waals surface area contributed by atoms with E-state index in [0.717, 1.165) is 6.42 Å². The minimum Gasteiger partial charge on any atom is -0.512 e. The average molecular weight is 140 g/mol. The van der Waals surface area contributed by atoms with Crippen molar-refractivity contribution < 1.29 is 9.90 Å². The Bertz CT molecular complexity index is 170. The molecule has 56 valence electrons. The van der Waals surface area contributed by atoms with Gasteiger partial charge in [0.1, 0.15) is 0 Å². The van der Waals surface area contributed by atoms with Crippen molar-refractivity contribution in [3.63, 3.8) is 0 Å². The van der Waals surface area contributed by atoms with Crippen LogP contribution in [0.4, 0.5) is 0 Å². The van der Waals surface area contributed by atoms with Gasteiger partial charge in [0, 0.05) is 18.9 Å². The summed E-state index contributed by atoms with van der Waals surface area (Å²) in [5.41, 5.74) is 0. The Morgan fingerprint density at radius 2 is 2.40 bits per heavy atom. The largest absolute Gasteiger partial charge is 0.512 e. The molecule has 0 aromatic carbocycles. The lowest BCUT2D eigenvalue weighted by atomic mass is 9.90. The number of aliphatic hydroxyl groups excluding tert-OH is 1. The quantitative estimate of drug-likeness (QED) is 0.603. The summed E-state index contributed by atoms with van der Waals surface area (Å²) < 4.78 is 0. The smallest absolute Gasteiger partial charge is 0.159 e. The summed E-state index contributed by atoms with van der Waals surface area (Å²) in [6.07, 6.45) is 3.61. The first kappa shape index (κ1) is 7.32. The van der Waals surface area contributed by atoms with Crippen LogP contribution in [0.2, 0.25) is 0 Å². The summed E-state index contributed by atoms with van der Waals surface area (Å²) >= 11 is 0. The second kappa shape index (κ2) is 2.86.